The zero-order valence-electron chi connectivity index (χ0n) is 16.6. The average molecular weight is 421 g/mol. The van der Waals surface area contributed by atoms with Crippen molar-refractivity contribution >= 4 is 11.0 Å². The van der Waals surface area contributed by atoms with E-state index < -0.39 is 6.36 Å². The van der Waals surface area contributed by atoms with Crippen molar-refractivity contribution < 1.29 is 17.9 Å². The highest BCUT2D eigenvalue weighted by atomic mass is 19.4. The van der Waals surface area contributed by atoms with E-state index in [1.165, 1.54) is 12.1 Å². The van der Waals surface area contributed by atoms with Crippen LogP contribution in [0.1, 0.15) is 35.5 Å². The maximum absolute atomic E-state index is 12.4. The second kappa shape index (κ2) is 8.15. The van der Waals surface area contributed by atoms with E-state index in [2.05, 4.69) is 22.3 Å². The monoisotopic (exact) mass is 421 g/mol. The fourth-order valence-corrected chi connectivity index (χ4v) is 3.64. The summed E-state index contributed by atoms with van der Waals surface area (Å²) in [5, 5.41) is 9.32. The summed E-state index contributed by atoms with van der Waals surface area (Å²) in [7, 11) is 0. The molecule has 0 N–H and O–H groups in total. The highest BCUT2D eigenvalue weighted by molar-refractivity contribution is 5.78. The Morgan fingerprint density at radius 1 is 1.03 bits per heavy atom. The lowest BCUT2D eigenvalue weighted by Gasteiger charge is -2.18. The summed E-state index contributed by atoms with van der Waals surface area (Å²) in [5.41, 5.74) is 4.01. The first-order chi connectivity index (χ1) is 14.8. The van der Waals surface area contributed by atoms with Crippen LogP contribution >= 0.6 is 0 Å². The molecule has 31 heavy (non-hydrogen) atoms. The number of rotatable bonds is 5. The molecule has 0 aliphatic carbocycles. The number of halogens is 3. The van der Waals surface area contributed by atoms with Crippen LogP contribution in [0.5, 0.6) is 5.75 Å². The Bertz CT molecular complexity index is 1240. The minimum absolute atomic E-state index is 0.0528. The van der Waals surface area contributed by atoms with Gasteiger partial charge < -0.3 is 9.30 Å². The Labute approximate surface area is 177 Å². The van der Waals surface area contributed by atoms with E-state index in [0.29, 0.717) is 12.0 Å². The quantitative estimate of drug-likeness (QED) is 0.397. The van der Waals surface area contributed by atoms with Gasteiger partial charge in [0, 0.05) is 6.42 Å². The van der Waals surface area contributed by atoms with Crippen molar-refractivity contribution in [3.63, 3.8) is 0 Å². The summed E-state index contributed by atoms with van der Waals surface area (Å²) < 4.78 is 43.3. The van der Waals surface area contributed by atoms with Gasteiger partial charge in [0.2, 0.25) is 0 Å². The zero-order valence-corrected chi connectivity index (χ0v) is 16.6. The molecule has 7 heteroatoms. The van der Waals surface area contributed by atoms with Gasteiger partial charge in [-0.3, -0.25) is 0 Å². The SMILES string of the molecule is C[C@@H](c1ccccc1)n1c(Cc2ccc(OC(F)(F)F)cc2)nc2ccc(C#N)cc21. The third kappa shape index (κ3) is 4.53. The number of fused-ring (bicyclic) bond motifs is 1. The number of hydrogen-bond acceptors (Lipinski definition) is 3. The Kier molecular flexibility index (Phi) is 5.38. The van der Waals surface area contributed by atoms with Crippen LogP contribution in [0.2, 0.25) is 0 Å². The molecule has 0 saturated heterocycles. The number of aromatic nitrogens is 2. The molecule has 156 valence electrons. The van der Waals surface area contributed by atoms with Gasteiger partial charge in [-0.15, -0.1) is 13.2 Å². The molecule has 0 spiro atoms. The Morgan fingerprint density at radius 2 is 1.74 bits per heavy atom. The van der Waals surface area contributed by atoms with Gasteiger partial charge in [0.15, 0.2) is 0 Å². The molecular weight excluding hydrogens is 403 g/mol. The van der Waals surface area contributed by atoms with Crippen LogP contribution in [0.3, 0.4) is 0 Å². The summed E-state index contributed by atoms with van der Waals surface area (Å²) in [6.45, 7) is 2.05. The van der Waals surface area contributed by atoms with Gasteiger partial charge in [0.05, 0.1) is 28.7 Å². The molecule has 3 aromatic carbocycles. The fourth-order valence-electron chi connectivity index (χ4n) is 3.64. The third-order valence-electron chi connectivity index (χ3n) is 5.08. The van der Waals surface area contributed by atoms with Crippen LogP contribution in [-0.2, 0) is 6.42 Å². The molecule has 0 aliphatic heterocycles. The summed E-state index contributed by atoms with van der Waals surface area (Å²) in [6.07, 6.45) is -4.31. The van der Waals surface area contributed by atoms with Crippen LogP contribution in [0.25, 0.3) is 11.0 Å². The zero-order chi connectivity index (χ0) is 22.0. The molecule has 1 atom stereocenters. The normalized spacial score (nSPS) is 12.5. The van der Waals surface area contributed by atoms with Gasteiger partial charge in [0.25, 0.3) is 0 Å². The van der Waals surface area contributed by atoms with E-state index in [9.17, 15) is 18.4 Å². The maximum atomic E-state index is 12.4. The molecule has 4 aromatic rings. The van der Waals surface area contributed by atoms with E-state index in [4.69, 9.17) is 4.98 Å². The molecule has 1 aromatic heterocycles. The van der Waals surface area contributed by atoms with Crippen molar-refractivity contribution in [1.29, 1.82) is 5.26 Å². The smallest absolute Gasteiger partial charge is 0.406 e. The third-order valence-corrected chi connectivity index (χ3v) is 5.08. The van der Waals surface area contributed by atoms with Crippen molar-refractivity contribution in [3.05, 3.63) is 95.3 Å². The summed E-state index contributed by atoms with van der Waals surface area (Å²) >= 11 is 0. The molecule has 0 unspecified atom stereocenters. The van der Waals surface area contributed by atoms with Gasteiger partial charge >= 0.3 is 6.36 Å². The molecule has 0 bridgehead atoms. The predicted octanol–water partition coefficient (Wildman–Crippen LogP) is 6.01. The number of nitrogens with zero attached hydrogens (tertiary/aromatic N) is 3. The van der Waals surface area contributed by atoms with Gasteiger partial charge in [0.1, 0.15) is 11.6 Å². The molecule has 0 fully saturated rings. The molecule has 0 aliphatic rings. The van der Waals surface area contributed by atoms with Crippen molar-refractivity contribution in [1.82, 2.24) is 9.55 Å². The Hall–Kier alpha value is -3.79. The molecule has 0 amide bonds. The Balaban J connectivity index is 1.74. The highest BCUT2D eigenvalue weighted by Gasteiger charge is 2.31. The van der Waals surface area contributed by atoms with E-state index in [0.717, 1.165) is 28.0 Å². The van der Waals surface area contributed by atoms with Crippen molar-refractivity contribution in [3.8, 4) is 11.8 Å². The summed E-state index contributed by atoms with van der Waals surface area (Å²) in [5.74, 6) is 0.493. The minimum atomic E-state index is -4.72. The number of ether oxygens (including phenoxy) is 1. The molecule has 0 saturated carbocycles. The first kappa shape index (κ1) is 20.5. The van der Waals surface area contributed by atoms with Crippen LogP contribution in [-0.4, -0.2) is 15.9 Å². The highest BCUT2D eigenvalue weighted by Crippen LogP contribution is 2.29. The van der Waals surface area contributed by atoms with Gasteiger partial charge in [-0.05, 0) is 48.4 Å². The lowest BCUT2D eigenvalue weighted by molar-refractivity contribution is -0.274. The van der Waals surface area contributed by atoms with Gasteiger partial charge in [-0.1, -0.05) is 42.5 Å². The minimum Gasteiger partial charge on any atom is -0.406 e. The van der Waals surface area contributed by atoms with E-state index in [-0.39, 0.29) is 11.8 Å². The van der Waals surface area contributed by atoms with E-state index >= 15 is 0 Å². The van der Waals surface area contributed by atoms with Crippen molar-refractivity contribution in [2.45, 2.75) is 25.7 Å². The predicted molar refractivity (Wildman–Crippen MR) is 111 cm³/mol. The van der Waals surface area contributed by atoms with Crippen molar-refractivity contribution in [2.24, 2.45) is 0 Å². The average Bonchev–Trinajstić information content (AvgIpc) is 3.11. The number of hydrogen-bond donors (Lipinski definition) is 0. The molecule has 0 radical (unpaired) electrons. The number of benzene rings is 3. The standard InChI is InChI=1S/C24H18F3N3O/c1-16(19-5-3-2-4-6-19)30-22-13-18(15-28)9-12-21(22)29-23(30)14-17-7-10-20(11-8-17)31-24(25,26)27/h2-13,16H,14H2,1H3/t16-/m0/s1. The fraction of sp³-hybridized carbons (Fsp3) is 0.167. The van der Waals surface area contributed by atoms with Crippen LogP contribution in [0.4, 0.5) is 13.2 Å². The first-order valence-corrected chi connectivity index (χ1v) is 9.64. The Morgan fingerprint density at radius 3 is 2.39 bits per heavy atom. The second-order valence-corrected chi connectivity index (χ2v) is 7.17. The largest absolute Gasteiger partial charge is 0.573 e. The maximum Gasteiger partial charge on any atom is 0.573 e. The molecule has 1 heterocycles. The molecule has 4 nitrogen and oxygen atoms in total. The lowest BCUT2D eigenvalue weighted by Crippen LogP contribution is -2.17. The summed E-state index contributed by atoms with van der Waals surface area (Å²) in [4.78, 5) is 4.75. The van der Waals surface area contributed by atoms with Gasteiger partial charge in [-0.25, -0.2) is 4.98 Å². The van der Waals surface area contributed by atoms with E-state index in [1.54, 1.807) is 18.2 Å². The summed E-state index contributed by atoms with van der Waals surface area (Å²) in [6, 6.07) is 23.2. The van der Waals surface area contributed by atoms with Gasteiger partial charge in [-0.2, -0.15) is 5.26 Å². The van der Waals surface area contributed by atoms with E-state index in [1.807, 2.05) is 42.5 Å². The van der Waals surface area contributed by atoms with Crippen molar-refractivity contribution in [2.75, 3.05) is 0 Å². The van der Waals surface area contributed by atoms with Crippen LogP contribution in [0.15, 0.2) is 72.8 Å². The topological polar surface area (TPSA) is 50.8 Å². The first-order valence-electron chi connectivity index (χ1n) is 9.64. The van der Waals surface area contributed by atoms with Crippen LogP contribution < -0.4 is 4.74 Å². The van der Waals surface area contributed by atoms with Crippen LogP contribution in [0, 0.1) is 11.3 Å². The number of nitriles is 1. The number of imidazole rings is 1. The molecule has 4 rings (SSSR count). The number of alkyl halides is 3. The lowest BCUT2D eigenvalue weighted by atomic mass is 10.1. The molecular formula is C24H18F3N3O. The second-order valence-electron chi connectivity index (χ2n) is 7.17.